The summed E-state index contributed by atoms with van der Waals surface area (Å²) in [6, 6.07) is 0. The highest BCUT2D eigenvalue weighted by Crippen LogP contribution is 1.95. The van der Waals surface area contributed by atoms with Gasteiger partial charge in [-0.2, -0.15) is 0 Å². The molecule has 1 N–H and O–H groups in total. The van der Waals surface area contributed by atoms with Crippen LogP contribution in [0.25, 0.3) is 0 Å². The van der Waals surface area contributed by atoms with Gasteiger partial charge in [-0.1, -0.05) is 0 Å². The summed E-state index contributed by atoms with van der Waals surface area (Å²) in [4.78, 5) is 10.0. The summed E-state index contributed by atoms with van der Waals surface area (Å²) in [5.41, 5.74) is 0. The number of methoxy groups -OCH3 is 2. The van der Waals surface area contributed by atoms with Gasteiger partial charge in [0.15, 0.2) is 6.29 Å². The van der Waals surface area contributed by atoms with E-state index in [0.29, 0.717) is 19.5 Å². The Hall–Kier alpha value is -0.490. The molecule has 0 saturated heterocycles. The van der Waals surface area contributed by atoms with E-state index in [4.69, 9.17) is 19.3 Å². The average Bonchev–Trinajstić information content (AvgIpc) is 2.14. The van der Waals surface area contributed by atoms with E-state index in [1.54, 1.807) is 14.2 Å². The van der Waals surface area contributed by atoms with Crippen LogP contribution in [-0.4, -0.2) is 57.6 Å². The molecule has 0 aromatic rings. The Kier molecular flexibility index (Phi) is 7.82. The quantitative estimate of drug-likeness (QED) is 0.511. The number of hydrogen-bond acceptors (Lipinski definition) is 5. The van der Waals surface area contributed by atoms with E-state index in [1.807, 2.05) is 0 Å². The van der Waals surface area contributed by atoms with Crippen LogP contribution in [0.1, 0.15) is 0 Å². The number of carbonyl (C=O) groups excluding carboxylic acids is 1. The van der Waals surface area contributed by atoms with Crippen LogP contribution in [0, 0.1) is 0 Å². The highest BCUT2D eigenvalue weighted by atomic mass is 16.6. The average molecular weight is 192 g/mol. The van der Waals surface area contributed by atoms with Crippen molar-refractivity contribution in [3.05, 3.63) is 0 Å². The molecule has 78 valence electrons. The first-order valence-electron chi connectivity index (χ1n) is 3.97. The lowest BCUT2D eigenvalue weighted by molar-refractivity contribution is -0.121. The molecule has 0 radical (unpaired) electrons. The molecule has 0 amide bonds. The fourth-order valence-corrected chi connectivity index (χ4v) is 0.790. The van der Waals surface area contributed by atoms with Gasteiger partial charge in [-0.25, -0.2) is 0 Å². The molecule has 0 saturated carbocycles. The van der Waals surface area contributed by atoms with Gasteiger partial charge in [0.05, 0.1) is 19.8 Å². The summed E-state index contributed by atoms with van der Waals surface area (Å²) in [6.45, 7) is 0.722. The molecular formula is C8H16O5. The van der Waals surface area contributed by atoms with Crippen molar-refractivity contribution in [1.29, 1.82) is 0 Å². The van der Waals surface area contributed by atoms with Crippen molar-refractivity contribution in [1.82, 2.24) is 0 Å². The van der Waals surface area contributed by atoms with Crippen LogP contribution in [0.4, 0.5) is 0 Å². The van der Waals surface area contributed by atoms with Gasteiger partial charge in [-0.15, -0.1) is 0 Å². The van der Waals surface area contributed by atoms with E-state index in [9.17, 15) is 4.79 Å². The van der Waals surface area contributed by atoms with E-state index >= 15 is 0 Å². The maximum absolute atomic E-state index is 10.0. The number of carbonyl (C=O) groups is 1. The van der Waals surface area contributed by atoms with Crippen LogP contribution in [0.2, 0.25) is 0 Å². The highest BCUT2D eigenvalue weighted by Gasteiger charge is 2.10. The van der Waals surface area contributed by atoms with E-state index in [2.05, 4.69) is 0 Å². The molecule has 0 bridgehead atoms. The van der Waals surface area contributed by atoms with Gasteiger partial charge in [0.25, 0.3) is 0 Å². The second-order valence-electron chi connectivity index (χ2n) is 2.57. The zero-order valence-electron chi connectivity index (χ0n) is 7.93. The molecule has 1 unspecified atom stereocenters. The fourth-order valence-electron chi connectivity index (χ4n) is 0.790. The van der Waals surface area contributed by atoms with Gasteiger partial charge >= 0.3 is 0 Å². The Morgan fingerprint density at radius 1 is 1.23 bits per heavy atom. The number of aliphatic hydroxyl groups excluding tert-OH is 1. The summed E-state index contributed by atoms with van der Waals surface area (Å²) >= 11 is 0. The SMILES string of the molecule is COCC(COC)OCC(O)C=O. The van der Waals surface area contributed by atoms with Crippen molar-refractivity contribution in [2.45, 2.75) is 12.2 Å². The first kappa shape index (κ1) is 12.5. The van der Waals surface area contributed by atoms with Crippen molar-refractivity contribution in [3.8, 4) is 0 Å². The van der Waals surface area contributed by atoms with E-state index < -0.39 is 6.10 Å². The van der Waals surface area contributed by atoms with Gasteiger partial charge in [0.2, 0.25) is 0 Å². The van der Waals surface area contributed by atoms with Crippen LogP contribution in [0.15, 0.2) is 0 Å². The zero-order chi connectivity index (χ0) is 10.1. The van der Waals surface area contributed by atoms with E-state index in [-0.39, 0.29) is 12.7 Å². The summed E-state index contributed by atoms with van der Waals surface area (Å²) in [6.07, 6.45) is -0.891. The first-order chi connectivity index (χ1) is 6.24. The van der Waals surface area contributed by atoms with Crippen molar-refractivity contribution in [3.63, 3.8) is 0 Å². The lowest BCUT2D eigenvalue weighted by atomic mass is 10.4. The Morgan fingerprint density at radius 2 is 1.77 bits per heavy atom. The topological polar surface area (TPSA) is 65.0 Å². The summed E-state index contributed by atoms with van der Waals surface area (Å²) < 4.78 is 14.8. The van der Waals surface area contributed by atoms with Gasteiger partial charge in [-0.3, -0.25) is 0 Å². The van der Waals surface area contributed by atoms with E-state index in [0.717, 1.165) is 0 Å². The molecule has 13 heavy (non-hydrogen) atoms. The Balaban J connectivity index is 3.60. The number of aliphatic hydroxyl groups is 1. The Labute approximate surface area is 77.6 Å². The zero-order valence-corrected chi connectivity index (χ0v) is 7.93. The Morgan fingerprint density at radius 3 is 2.15 bits per heavy atom. The van der Waals surface area contributed by atoms with E-state index in [1.165, 1.54) is 0 Å². The smallest absolute Gasteiger partial charge is 0.150 e. The second-order valence-corrected chi connectivity index (χ2v) is 2.57. The number of ether oxygens (including phenoxy) is 3. The van der Waals surface area contributed by atoms with Gasteiger partial charge < -0.3 is 24.1 Å². The van der Waals surface area contributed by atoms with Gasteiger partial charge in [-0.05, 0) is 0 Å². The first-order valence-corrected chi connectivity index (χ1v) is 3.97. The summed E-state index contributed by atoms with van der Waals surface area (Å²) in [5.74, 6) is 0. The normalized spacial score (nSPS) is 13.2. The largest absolute Gasteiger partial charge is 0.383 e. The van der Waals surface area contributed by atoms with Crippen LogP contribution in [0.5, 0.6) is 0 Å². The minimum Gasteiger partial charge on any atom is -0.383 e. The number of rotatable bonds is 8. The summed E-state index contributed by atoms with van der Waals surface area (Å²) in [7, 11) is 3.09. The van der Waals surface area contributed by atoms with Crippen LogP contribution in [-0.2, 0) is 19.0 Å². The lowest BCUT2D eigenvalue weighted by Gasteiger charge is -2.16. The minimum atomic E-state index is -1.07. The Bertz CT molecular complexity index is 122. The molecule has 5 nitrogen and oxygen atoms in total. The van der Waals surface area contributed by atoms with Gasteiger partial charge in [0.1, 0.15) is 12.2 Å². The van der Waals surface area contributed by atoms with Crippen LogP contribution < -0.4 is 0 Å². The number of aldehydes is 1. The van der Waals surface area contributed by atoms with Crippen molar-refractivity contribution in [2.24, 2.45) is 0 Å². The van der Waals surface area contributed by atoms with Crippen LogP contribution >= 0.6 is 0 Å². The predicted octanol–water partition coefficient (Wildman–Crippen LogP) is -0.776. The van der Waals surface area contributed by atoms with Crippen molar-refractivity contribution < 1.29 is 24.1 Å². The van der Waals surface area contributed by atoms with Crippen molar-refractivity contribution in [2.75, 3.05) is 34.0 Å². The lowest BCUT2D eigenvalue weighted by Crippen LogP contribution is -2.29. The standard InChI is InChI=1S/C8H16O5/c1-11-5-8(6-12-2)13-4-7(10)3-9/h3,7-8,10H,4-6H2,1-2H3. The monoisotopic (exact) mass is 192 g/mol. The molecule has 0 aliphatic rings. The molecule has 0 fully saturated rings. The fraction of sp³-hybridized carbons (Fsp3) is 0.875. The van der Waals surface area contributed by atoms with Crippen molar-refractivity contribution >= 4 is 6.29 Å². The van der Waals surface area contributed by atoms with Crippen LogP contribution in [0.3, 0.4) is 0 Å². The molecule has 0 heterocycles. The predicted molar refractivity (Wildman–Crippen MR) is 45.6 cm³/mol. The summed E-state index contributed by atoms with van der Waals surface area (Å²) in [5, 5.41) is 8.87. The third kappa shape index (κ3) is 6.65. The van der Waals surface area contributed by atoms with Gasteiger partial charge in [0, 0.05) is 14.2 Å². The highest BCUT2D eigenvalue weighted by molar-refractivity contribution is 5.55. The second kappa shape index (κ2) is 8.12. The third-order valence-corrected chi connectivity index (χ3v) is 1.36. The minimum absolute atomic E-state index is 0.0269. The maximum atomic E-state index is 10.0. The molecule has 0 aliphatic heterocycles. The molecule has 0 aromatic carbocycles. The molecule has 1 atom stereocenters. The molecule has 0 rings (SSSR count). The third-order valence-electron chi connectivity index (χ3n) is 1.36. The molecule has 0 aliphatic carbocycles. The molecule has 0 aromatic heterocycles. The maximum Gasteiger partial charge on any atom is 0.150 e. The number of hydrogen-bond donors (Lipinski definition) is 1. The molecule has 0 spiro atoms. The molecule has 5 heteroatoms. The molecular weight excluding hydrogens is 176 g/mol.